The minimum atomic E-state index is -3.27. The fourth-order valence-electron chi connectivity index (χ4n) is 1.99. The zero-order valence-corrected chi connectivity index (χ0v) is 12.8. The van der Waals surface area contributed by atoms with Crippen LogP contribution in [-0.4, -0.2) is 20.8 Å². The number of anilines is 2. The third-order valence-electron chi connectivity index (χ3n) is 2.74. The first-order chi connectivity index (χ1) is 9.96. The van der Waals surface area contributed by atoms with Crippen molar-refractivity contribution in [3.05, 3.63) is 60.7 Å². The van der Waals surface area contributed by atoms with Gasteiger partial charge >= 0.3 is 0 Å². The van der Waals surface area contributed by atoms with Gasteiger partial charge in [0.2, 0.25) is 10.0 Å². The van der Waals surface area contributed by atoms with Crippen molar-refractivity contribution in [2.45, 2.75) is 13.1 Å². The molecule has 0 aliphatic carbocycles. The first-order valence-corrected chi connectivity index (χ1v) is 8.48. The van der Waals surface area contributed by atoms with Crippen molar-refractivity contribution < 1.29 is 8.42 Å². The summed E-state index contributed by atoms with van der Waals surface area (Å²) in [6.07, 6.45) is 0.695. The van der Waals surface area contributed by atoms with Gasteiger partial charge in [-0.2, -0.15) is 4.72 Å². The third kappa shape index (κ3) is 4.86. The lowest BCUT2D eigenvalue weighted by molar-refractivity contribution is 0.511. The minimum Gasteiger partial charge on any atom is -0.276 e. The maximum Gasteiger partial charge on any atom is 0.210 e. The number of sulfonamides is 1. The molecule has 0 amide bonds. The molecule has 0 bridgehead atoms. The Bertz CT molecular complexity index is 620. The normalized spacial score (nSPS) is 12.9. The average Bonchev–Trinajstić information content (AvgIpc) is 2.45. The zero-order chi connectivity index (χ0) is 15.3. The van der Waals surface area contributed by atoms with Gasteiger partial charge in [-0.05, 0) is 31.2 Å². The maximum absolute atomic E-state index is 11.3. The molecule has 1 unspecified atom stereocenters. The topological polar surface area (TPSA) is 61.4 Å². The van der Waals surface area contributed by atoms with Crippen LogP contribution in [0, 0.1) is 0 Å². The molecule has 0 spiro atoms. The lowest BCUT2D eigenvalue weighted by atomic mass is 10.2. The van der Waals surface area contributed by atoms with Crippen molar-refractivity contribution in [3.63, 3.8) is 0 Å². The standard InChI is InChI=1S/C15H19N3O2S/c1-13(17-21(2,19)20)16-18(14-9-5-3-6-10-14)15-11-7-4-8-12-15/h3-13,16-17H,1-2H3. The second-order valence-electron chi connectivity index (χ2n) is 4.75. The number of rotatable bonds is 6. The van der Waals surface area contributed by atoms with Crippen LogP contribution in [0.2, 0.25) is 0 Å². The first-order valence-electron chi connectivity index (χ1n) is 6.59. The number of hydrazine groups is 1. The van der Waals surface area contributed by atoms with Crippen LogP contribution in [0.3, 0.4) is 0 Å². The largest absolute Gasteiger partial charge is 0.276 e. The van der Waals surface area contributed by atoms with Crippen LogP contribution >= 0.6 is 0 Å². The Morgan fingerprint density at radius 2 is 1.33 bits per heavy atom. The second kappa shape index (κ2) is 6.71. The lowest BCUT2D eigenvalue weighted by Gasteiger charge is -2.29. The number of hydrogen-bond acceptors (Lipinski definition) is 4. The Kier molecular flexibility index (Phi) is 4.95. The molecule has 0 saturated heterocycles. The van der Waals surface area contributed by atoms with E-state index in [9.17, 15) is 8.42 Å². The van der Waals surface area contributed by atoms with Gasteiger partial charge in [0.1, 0.15) is 0 Å². The van der Waals surface area contributed by atoms with Gasteiger partial charge in [0.15, 0.2) is 0 Å². The molecule has 0 aliphatic heterocycles. The van der Waals surface area contributed by atoms with Crippen LogP contribution in [0.25, 0.3) is 0 Å². The van der Waals surface area contributed by atoms with E-state index in [4.69, 9.17) is 0 Å². The van der Waals surface area contributed by atoms with Gasteiger partial charge in [-0.15, -0.1) is 0 Å². The molecule has 5 nitrogen and oxygen atoms in total. The van der Waals surface area contributed by atoms with E-state index in [1.807, 2.05) is 65.7 Å². The Hall–Kier alpha value is -1.89. The number of hydrogen-bond donors (Lipinski definition) is 2. The molecule has 2 rings (SSSR count). The summed E-state index contributed by atoms with van der Waals surface area (Å²) in [6.45, 7) is 1.75. The van der Waals surface area contributed by atoms with Crippen molar-refractivity contribution in [3.8, 4) is 0 Å². The highest BCUT2D eigenvalue weighted by Crippen LogP contribution is 2.22. The molecule has 0 aliphatic rings. The minimum absolute atomic E-state index is 0.444. The first kappa shape index (κ1) is 15.5. The summed E-state index contributed by atoms with van der Waals surface area (Å²) in [5, 5.41) is 1.85. The summed E-state index contributed by atoms with van der Waals surface area (Å²) in [4.78, 5) is 0. The van der Waals surface area contributed by atoms with Gasteiger partial charge in [-0.25, -0.2) is 13.8 Å². The summed E-state index contributed by atoms with van der Waals surface area (Å²) in [5.41, 5.74) is 4.99. The van der Waals surface area contributed by atoms with E-state index in [1.165, 1.54) is 0 Å². The third-order valence-corrected chi connectivity index (χ3v) is 3.52. The van der Waals surface area contributed by atoms with Gasteiger partial charge in [-0.1, -0.05) is 36.4 Å². The predicted molar refractivity (Wildman–Crippen MR) is 85.6 cm³/mol. The molecule has 6 heteroatoms. The van der Waals surface area contributed by atoms with Crippen LogP contribution in [-0.2, 0) is 10.0 Å². The smallest absolute Gasteiger partial charge is 0.210 e. The SMILES string of the molecule is CC(NN(c1ccccc1)c1ccccc1)NS(C)(=O)=O. The molecule has 0 radical (unpaired) electrons. The van der Waals surface area contributed by atoms with Gasteiger partial charge in [0, 0.05) is 0 Å². The molecule has 0 aromatic heterocycles. The maximum atomic E-state index is 11.3. The van der Waals surface area contributed by atoms with Crippen molar-refractivity contribution in [1.29, 1.82) is 0 Å². The van der Waals surface area contributed by atoms with Gasteiger partial charge < -0.3 is 0 Å². The molecule has 2 aromatic rings. The number of nitrogens with one attached hydrogen (secondary N) is 2. The predicted octanol–water partition coefficient (Wildman–Crippen LogP) is 2.22. The van der Waals surface area contributed by atoms with Crippen molar-refractivity contribution in [1.82, 2.24) is 10.1 Å². The quantitative estimate of drug-likeness (QED) is 0.634. The Labute approximate surface area is 125 Å². The van der Waals surface area contributed by atoms with Crippen LogP contribution < -0.4 is 15.2 Å². The van der Waals surface area contributed by atoms with E-state index in [-0.39, 0.29) is 0 Å². The monoisotopic (exact) mass is 305 g/mol. The number of benzene rings is 2. The van der Waals surface area contributed by atoms with Crippen molar-refractivity contribution >= 4 is 21.4 Å². The summed E-state index contributed by atoms with van der Waals surface area (Å²) < 4.78 is 25.2. The molecule has 2 N–H and O–H groups in total. The van der Waals surface area contributed by atoms with Crippen LogP contribution in [0.5, 0.6) is 0 Å². The average molecular weight is 305 g/mol. The van der Waals surface area contributed by atoms with Crippen LogP contribution in [0.1, 0.15) is 6.92 Å². The fourth-order valence-corrected chi connectivity index (χ4v) is 2.69. The molecular weight excluding hydrogens is 286 g/mol. The van der Waals surface area contributed by atoms with Crippen molar-refractivity contribution in [2.24, 2.45) is 0 Å². The zero-order valence-electron chi connectivity index (χ0n) is 12.0. The number of nitrogens with zero attached hydrogens (tertiary/aromatic N) is 1. The summed E-state index contributed by atoms with van der Waals surface area (Å²) in [5.74, 6) is 0. The Morgan fingerprint density at radius 3 is 1.71 bits per heavy atom. The summed E-state index contributed by atoms with van der Waals surface area (Å²) in [7, 11) is -3.27. The Balaban J connectivity index is 2.25. The van der Waals surface area contributed by atoms with E-state index in [2.05, 4.69) is 10.1 Å². The number of para-hydroxylation sites is 2. The molecular formula is C15H19N3O2S. The molecule has 0 fully saturated rings. The van der Waals surface area contributed by atoms with E-state index < -0.39 is 16.2 Å². The van der Waals surface area contributed by atoms with Gasteiger partial charge in [-0.3, -0.25) is 5.01 Å². The molecule has 112 valence electrons. The van der Waals surface area contributed by atoms with Gasteiger partial charge in [0.05, 0.1) is 23.8 Å². The van der Waals surface area contributed by atoms with E-state index in [0.29, 0.717) is 0 Å². The highest BCUT2D eigenvalue weighted by atomic mass is 32.2. The van der Waals surface area contributed by atoms with E-state index >= 15 is 0 Å². The summed E-state index contributed by atoms with van der Waals surface area (Å²) >= 11 is 0. The highest BCUT2D eigenvalue weighted by molar-refractivity contribution is 7.88. The molecule has 0 heterocycles. The van der Waals surface area contributed by atoms with E-state index in [0.717, 1.165) is 17.6 Å². The van der Waals surface area contributed by atoms with Crippen molar-refractivity contribution in [2.75, 3.05) is 11.3 Å². The molecule has 1 atom stereocenters. The van der Waals surface area contributed by atoms with Gasteiger partial charge in [0.25, 0.3) is 0 Å². The molecule has 21 heavy (non-hydrogen) atoms. The molecule has 0 saturated carbocycles. The van der Waals surface area contributed by atoms with Crippen LogP contribution in [0.15, 0.2) is 60.7 Å². The fraction of sp³-hybridized carbons (Fsp3) is 0.200. The van der Waals surface area contributed by atoms with E-state index in [1.54, 1.807) is 6.92 Å². The highest BCUT2D eigenvalue weighted by Gasteiger charge is 2.14. The van der Waals surface area contributed by atoms with Crippen LogP contribution in [0.4, 0.5) is 11.4 Å². The lowest BCUT2D eigenvalue weighted by Crippen LogP contribution is -2.49. The second-order valence-corrected chi connectivity index (χ2v) is 6.53. The Morgan fingerprint density at radius 1 is 0.905 bits per heavy atom. The molecule has 2 aromatic carbocycles. The summed E-state index contributed by atoms with van der Waals surface area (Å²) in [6, 6.07) is 19.4.